The number of halogens is 2. The smallest absolute Gasteiger partial charge is 0.251 e. The second-order valence-corrected chi connectivity index (χ2v) is 10.4. The van der Waals surface area contributed by atoms with Gasteiger partial charge in [-0.15, -0.1) is 0 Å². The molecule has 0 spiro atoms. The molecule has 1 heterocycles. The molecule has 0 aliphatic carbocycles. The van der Waals surface area contributed by atoms with Crippen molar-refractivity contribution in [2.45, 2.75) is 18.6 Å². The van der Waals surface area contributed by atoms with Gasteiger partial charge < -0.3 is 20.4 Å². The number of carbonyl (C=O) groups is 1. The van der Waals surface area contributed by atoms with Crippen LogP contribution < -0.4 is 10.2 Å². The number of β-amino-alcohol motifs (C(OH)–C–C–N with tert-alkyl or cyclic N) is 1. The Labute approximate surface area is 233 Å². The Morgan fingerprint density at radius 1 is 1.11 bits per heavy atom. The monoisotopic (exact) mass is 552 g/mol. The summed E-state index contributed by atoms with van der Waals surface area (Å²) in [4.78, 5) is 20.2. The Kier molecular flexibility index (Phi) is 8.93. The molecule has 3 aromatic carbocycles. The predicted molar refractivity (Wildman–Crippen MR) is 151 cm³/mol. The van der Waals surface area contributed by atoms with Crippen LogP contribution in [-0.2, 0) is 5.60 Å². The molecular weight excluding hydrogens is 523 g/mol. The van der Waals surface area contributed by atoms with Gasteiger partial charge in [0.05, 0.1) is 35.5 Å². The number of piperazine rings is 1. The third kappa shape index (κ3) is 6.47. The molecule has 4 rings (SSSR count). The van der Waals surface area contributed by atoms with Crippen LogP contribution in [0.1, 0.15) is 34.5 Å². The molecule has 0 unspecified atom stereocenters. The number of hydrogen-bond donors (Lipinski definition) is 3. The molecule has 3 N–H and O–H groups in total. The number of hydrogen-bond acceptors (Lipinski definition) is 5. The standard InChI is InChI=1S/C29H30Cl2N4O3/c1-29(38,22-6-10-24(32-2)11-7-22)19-34-14-15-35(27(18-34)20-3-8-23(30)9-4-20)26-12-5-21(17-25(26)31)28(37)33-13-16-36/h3-12,17,27,36,38H,13-16,18-19H2,1H3,(H,33,37)/t27-,29+/m0/s1. The highest BCUT2D eigenvalue weighted by molar-refractivity contribution is 6.33. The van der Waals surface area contributed by atoms with E-state index < -0.39 is 5.60 Å². The summed E-state index contributed by atoms with van der Waals surface area (Å²) in [6, 6.07) is 19.9. The van der Waals surface area contributed by atoms with Crippen molar-refractivity contribution < 1.29 is 15.0 Å². The first-order valence-corrected chi connectivity index (χ1v) is 13.1. The lowest BCUT2D eigenvalue weighted by molar-refractivity contribution is 0.0103. The molecule has 1 saturated heterocycles. The molecule has 0 saturated carbocycles. The van der Waals surface area contributed by atoms with Gasteiger partial charge in [-0.2, -0.15) is 0 Å². The molecule has 2 atom stereocenters. The maximum atomic E-state index is 12.3. The summed E-state index contributed by atoms with van der Waals surface area (Å²) in [7, 11) is 0. The van der Waals surface area contributed by atoms with Gasteiger partial charge in [-0.25, -0.2) is 4.85 Å². The molecule has 7 nitrogen and oxygen atoms in total. The lowest BCUT2D eigenvalue weighted by Crippen LogP contribution is -2.52. The van der Waals surface area contributed by atoms with Crippen molar-refractivity contribution in [3.63, 3.8) is 0 Å². The fourth-order valence-electron chi connectivity index (χ4n) is 4.82. The lowest BCUT2D eigenvalue weighted by atomic mass is 9.93. The minimum Gasteiger partial charge on any atom is -0.395 e. The van der Waals surface area contributed by atoms with E-state index in [-0.39, 0.29) is 25.1 Å². The number of carbonyl (C=O) groups excluding carboxylic acids is 1. The quantitative estimate of drug-likeness (QED) is 0.341. The summed E-state index contributed by atoms with van der Waals surface area (Å²) in [5.41, 5.74) is 2.49. The van der Waals surface area contributed by atoms with Crippen LogP contribution >= 0.6 is 23.2 Å². The van der Waals surface area contributed by atoms with Crippen molar-refractivity contribution in [2.75, 3.05) is 44.2 Å². The molecule has 0 aromatic heterocycles. The van der Waals surface area contributed by atoms with Crippen LogP contribution in [0.4, 0.5) is 11.4 Å². The number of nitrogens with one attached hydrogen (secondary N) is 1. The second-order valence-electron chi connectivity index (χ2n) is 9.57. The Balaban J connectivity index is 1.58. The van der Waals surface area contributed by atoms with Crippen LogP contribution in [0.3, 0.4) is 0 Å². The SMILES string of the molecule is [C-]#[N+]c1ccc([C@](C)(O)CN2CCN(c3ccc(C(=O)NCCO)cc3Cl)[C@H](c3ccc(Cl)cc3)C2)cc1. The first kappa shape index (κ1) is 27.9. The fourth-order valence-corrected chi connectivity index (χ4v) is 5.23. The van der Waals surface area contributed by atoms with E-state index in [0.29, 0.717) is 47.5 Å². The Morgan fingerprint density at radius 3 is 2.45 bits per heavy atom. The zero-order valence-electron chi connectivity index (χ0n) is 21.1. The minimum atomic E-state index is -1.10. The molecule has 1 aliphatic rings. The van der Waals surface area contributed by atoms with Crippen LogP contribution in [0.2, 0.25) is 10.0 Å². The van der Waals surface area contributed by atoms with Crippen LogP contribution in [-0.4, -0.2) is 60.4 Å². The number of aliphatic hydroxyl groups is 2. The Hall–Kier alpha value is -3.12. The zero-order chi connectivity index (χ0) is 27.3. The second kappa shape index (κ2) is 12.2. The molecule has 1 amide bonds. The molecule has 9 heteroatoms. The van der Waals surface area contributed by atoms with Crippen LogP contribution in [0.15, 0.2) is 66.7 Å². The van der Waals surface area contributed by atoms with Crippen molar-refractivity contribution >= 4 is 40.5 Å². The molecule has 0 radical (unpaired) electrons. The third-order valence-electron chi connectivity index (χ3n) is 6.79. The number of amides is 1. The molecular formula is C29H30Cl2N4O3. The summed E-state index contributed by atoms with van der Waals surface area (Å²) in [5, 5.41) is 24.1. The summed E-state index contributed by atoms with van der Waals surface area (Å²) in [5.74, 6) is -0.293. The average Bonchev–Trinajstić information content (AvgIpc) is 2.92. The fraction of sp³-hybridized carbons (Fsp3) is 0.310. The summed E-state index contributed by atoms with van der Waals surface area (Å²) < 4.78 is 0. The molecule has 0 bridgehead atoms. The van der Waals surface area contributed by atoms with Crippen molar-refractivity contribution in [1.82, 2.24) is 10.2 Å². The van der Waals surface area contributed by atoms with Gasteiger partial charge in [0.2, 0.25) is 0 Å². The number of aliphatic hydroxyl groups excluding tert-OH is 1. The molecule has 38 heavy (non-hydrogen) atoms. The normalized spacial score (nSPS) is 17.5. The summed E-state index contributed by atoms with van der Waals surface area (Å²) >= 11 is 12.9. The maximum Gasteiger partial charge on any atom is 0.251 e. The first-order chi connectivity index (χ1) is 18.2. The molecule has 3 aromatic rings. The van der Waals surface area contributed by atoms with Gasteiger partial charge in [0, 0.05) is 43.3 Å². The van der Waals surface area contributed by atoms with Gasteiger partial charge >= 0.3 is 0 Å². The van der Waals surface area contributed by atoms with Gasteiger partial charge in [-0.3, -0.25) is 9.69 Å². The number of rotatable bonds is 8. The van der Waals surface area contributed by atoms with Crippen molar-refractivity contribution in [2.24, 2.45) is 0 Å². The zero-order valence-corrected chi connectivity index (χ0v) is 22.6. The maximum absolute atomic E-state index is 12.3. The first-order valence-electron chi connectivity index (χ1n) is 12.4. The Morgan fingerprint density at radius 2 is 1.82 bits per heavy atom. The van der Waals surface area contributed by atoms with Crippen LogP contribution in [0.25, 0.3) is 4.85 Å². The van der Waals surface area contributed by atoms with E-state index in [2.05, 4.69) is 20.0 Å². The largest absolute Gasteiger partial charge is 0.395 e. The van der Waals surface area contributed by atoms with Gasteiger partial charge in [0.1, 0.15) is 0 Å². The summed E-state index contributed by atoms with van der Waals surface area (Å²) in [6.45, 7) is 11.4. The van der Waals surface area contributed by atoms with Crippen LogP contribution in [0.5, 0.6) is 0 Å². The van der Waals surface area contributed by atoms with E-state index >= 15 is 0 Å². The van der Waals surface area contributed by atoms with Gasteiger partial charge in [-0.05, 0) is 48.4 Å². The van der Waals surface area contributed by atoms with E-state index in [1.807, 2.05) is 30.3 Å². The number of benzene rings is 3. The van der Waals surface area contributed by atoms with E-state index in [9.17, 15) is 9.90 Å². The Bertz CT molecular complexity index is 1310. The highest BCUT2D eigenvalue weighted by Gasteiger charge is 2.34. The average molecular weight is 553 g/mol. The topological polar surface area (TPSA) is 80.4 Å². The van der Waals surface area contributed by atoms with E-state index in [1.165, 1.54) is 0 Å². The molecule has 198 valence electrons. The number of nitrogens with zero attached hydrogens (tertiary/aromatic N) is 3. The van der Waals surface area contributed by atoms with Crippen LogP contribution in [0, 0.1) is 6.57 Å². The van der Waals surface area contributed by atoms with E-state index in [0.717, 1.165) is 16.8 Å². The van der Waals surface area contributed by atoms with Gasteiger partial charge in [-0.1, -0.05) is 59.6 Å². The molecule has 1 fully saturated rings. The predicted octanol–water partition coefficient (Wildman–Crippen LogP) is 5.04. The van der Waals surface area contributed by atoms with Gasteiger partial charge in [0.25, 0.3) is 5.91 Å². The highest BCUT2D eigenvalue weighted by Crippen LogP contribution is 2.37. The van der Waals surface area contributed by atoms with E-state index in [4.69, 9.17) is 34.9 Å². The van der Waals surface area contributed by atoms with Crippen molar-refractivity contribution in [3.8, 4) is 0 Å². The van der Waals surface area contributed by atoms with Crippen molar-refractivity contribution in [3.05, 3.63) is 105 Å². The summed E-state index contributed by atoms with van der Waals surface area (Å²) in [6.07, 6.45) is 0. The van der Waals surface area contributed by atoms with E-state index in [1.54, 1.807) is 43.3 Å². The molecule has 1 aliphatic heterocycles. The third-order valence-corrected chi connectivity index (χ3v) is 7.34. The minimum absolute atomic E-state index is 0.0760. The highest BCUT2D eigenvalue weighted by atomic mass is 35.5. The number of anilines is 1. The van der Waals surface area contributed by atoms with Crippen molar-refractivity contribution in [1.29, 1.82) is 0 Å². The lowest BCUT2D eigenvalue weighted by Gasteiger charge is -2.45. The van der Waals surface area contributed by atoms with Gasteiger partial charge in [0.15, 0.2) is 5.69 Å².